The van der Waals surface area contributed by atoms with Crippen LogP contribution in [0.25, 0.3) is 5.73 Å². The third kappa shape index (κ3) is 6.76. The molecule has 5 heteroatoms. The van der Waals surface area contributed by atoms with E-state index in [2.05, 4.69) is 4.98 Å². The Morgan fingerprint density at radius 3 is 2.36 bits per heavy atom. The van der Waals surface area contributed by atoms with E-state index in [-0.39, 0.29) is 6.54 Å². The molecule has 0 aliphatic rings. The van der Waals surface area contributed by atoms with E-state index in [0.717, 1.165) is 5.69 Å². The van der Waals surface area contributed by atoms with Gasteiger partial charge in [-0.1, -0.05) is 6.07 Å². The fraction of sp³-hybridized carbons (Fsp3) is 0.167. The van der Waals surface area contributed by atoms with Gasteiger partial charge in [-0.05, 0) is 12.1 Å². The molecule has 0 unspecified atom stereocenters. The molecule has 1 aromatic rings. The van der Waals surface area contributed by atoms with Crippen LogP contribution in [0, 0.1) is 0 Å². The molecule has 11 heavy (non-hydrogen) atoms. The smallest absolute Gasteiger partial charge is 0.0270 e. The predicted molar refractivity (Wildman–Crippen MR) is 44.0 cm³/mol. The normalized spacial score (nSPS) is 8.64. The van der Waals surface area contributed by atoms with Crippen molar-refractivity contribution in [2.75, 3.05) is 0 Å². The number of nitrogens with one attached hydrogen (secondary N) is 1. The van der Waals surface area contributed by atoms with Crippen LogP contribution < -0.4 is 0 Å². The SMILES string of the molecule is [Cl][Pt][Cl].[NH-]Cc1ccccn1. The van der Waals surface area contributed by atoms with Crippen LogP contribution in [0.4, 0.5) is 0 Å². The van der Waals surface area contributed by atoms with Crippen LogP contribution in [-0.2, 0) is 23.0 Å². The Hall–Kier alpha value is 0.378. The second-order valence-electron chi connectivity index (χ2n) is 1.54. The van der Waals surface area contributed by atoms with Crippen LogP contribution in [0.15, 0.2) is 24.4 Å². The zero-order chi connectivity index (χ0) is 8.53. The van der Waals surface area contributed by atoms with Crippen molar-refractivity contribution >= 4 is 18.8 Å². The standard InChI is InChI=1S/C6H7N2.2ClH.Pt/c7-5-6-3-1-2-4-8-6;;;/h1-4,7H,5H2;2*1H;/q-1;;;+2/p-2. The summed E-state index contributed by atoms with van der Waals surface area (Å²) in [5.74, 6) is 0. The molecule has 1 heterocycles. The van der Waals surface area contributed by atoms with Crippen molar-refractivity contribution < 1.29 is 16.5 Å². The molecule has 0 aliphatic carbocycles. The summed E-state index contributed by atoms with van der Waals surface area (Å²) in [4.78, 5) is 3.91. The largest absolute Gasteiger partial charge is 0.672 e. The summed E-state index contributed by atoms with van der Waals surface area (Å²) in [6.45, 7) is 0.279. The van der Waals surface area contributed by atoms with E-state index < -0.39 is 16.5 Å². The first kappa shape index (κ1) is 11.4. The summed E-state index contributed by atoms with van der Waals surface area (Å²) in [5, 5.41) is 0. The first-order valence-corrected chi connectivity index (χ1v) is 8.35. The van der Waals surface area contributed by atoms with E-state index in [1.165, 1.54) is 0 Å². The van der Waals surface area contributed by atoms with E-state index in [0.29, 0.717) is 0 Å². The van der Waals surface area contributed by atoms with E-state index in [1.54, 1.807) is 6.20 Å². The van der Waals surface area contributed by atoms with Crippen molar-refractivity contribution in [3.8, 4) is 0 Å². The average Bonchev–Trinajstić information content (AvgIpc) is 2.08. The summed E-state index contributed by atoms with van der Waals surface area (Å²) in [6.07, 6.45) is 1.70. The molecular formula is C6H7Cl2N2Pt-. The van der Waals surface area contributed by atoms with Crippen LogP contribution >= 0.6 is 18.8 Å². The number of nitrogens with zero attached hydrogens (tertiary/aromatic N) is 1. The molecular weight excluding hydrogens is 366 g/mol. The monoisotopic (exact) mass is 372 g/mol. The van der Waals surface area contributed by atoms with Crippen molar-refractivity contribution in [2.24, 2.45) is 0 Å². The molecule has 0 saturated heterocycles. The Balaban J connectivity index is 0.000000292. The molecule has 2 nitrogen and oxygen atoms in total. The Bertz CT molecular complexity index is 171. The first-order chi connectivity index (χ1) is 5.35. The Labute approximate surface area is 82.5 Å². The maximum Gasteiger partial charge on any atom is 0.0270 e. The predicted octanol–water partition coefficient (Wildman–Crippen LogP) is 3.01. The zero-order valence-corrected chi connectivity index (χ0v) is 9.32. The van der Waals surface area contributed by atoms with Gasteiger partial charge in [-0.15, -0.1) is 6.54 Å². The van der Waals surface area contributed by atoms with Gasteiger partial charge in [0.2, 0.25) is 0 Å². The van der Waals surface area contributed by atoms with Crippen molar-refractivity contribution in [1.29, 1.82) is 0 Å². The maximum atomic E-state index is 6.88. The number of hydrogen-bond donors (Lipinski definition) is 0. The van der Waals surface area contributed by atoms with E-state index >= 15 is 0 Å². The molecule has 0 aromatic carbocycles. The van der Waals surface area contributed by atoms with Gasteiger partial charge in [0.15, 0.2) is 0 Å². The van der Waals surface area contributed by atoms with Crippen LogP contribution in [0.5, 0.6) is 0 Å². The number of pyridine rings is 1. The topological polar surface area (TPSA) is 36.7 Å². The fourth-order valence-corrected chi connectivity index (χ4v) is 0.503. The van der Waals surface area contributed by atoms with Crippen molar-refractivity contribution in [3.63, 3.8) is 0 Å². The van der Waals surface area contributed by atoms with Gasteiger partial charge < -0.3 is 5.73 Å². The number of hydrogen-bond acceptors (Lipinski definition) is 1. The minimum atomic E-state index is -0.472. The fourth-order valence-electron chi connectivity index (χ4n) is 0.503. The summed E-state index contributed by atoms with van der Waals surface area (Å²) in [6, 6.07) is 5.57. The zero-order valence-electron chi connectivity index (χ0n) is 5.54. The molecule has 0 saturated carbocycles. The quantitative estimate of drug-likeness (QED) is 0.746. The third-order valence-electron chi connectivity index (χ3n) is 0.907. The van der Waals surface area contributed by atoms with Crippen LogP contribution in [0.2, 0.25) is 0 Å². The van der Waals surface area contributed by atoms with E-state index in [1.807, 2.05) is 18.2 Å². The summed E-state index contributed by atoms with van der Waals surface area (Å²) >= 11 is -0.472. The molecule has 0 fully saturated rings. The van der Waals surface area contributed by atoms with Gasteiger partial charge >= 0.3 is 35.3 Å². The van der Waals surface area contributed by atoms with Crippen molar-refractivity contribution in [2.45, 2.75) is 6.54 Å². The third-order valence-corrected chi connectivity index (χ3v) is 0.907. The van der Waals surface area contributed by atoms with Gasteiger partial charge in [-0.3, -0.25) is 4.98 Å². The maximum absolute atomic E-state index is 6.88. The molecule has 1 aromatic heterocycles. The molecule has 0 bridgehead atoms. The van der Waals surface area contributed by atoms with Crippen LogP contribution in [-0.4, -0.2) is 4.98 Å². The minimum Gasteiger partial charge on any atom is -0.672 e. The molecule has 1 N–H and O–H groups in total. The van der Waals surface area contributed by atoms with Gasteiger partial charge in [-0.2, -0.15) is 0 Å². The average molecular weight is 373 g/mol. The van der Waals surface area contributed by atoms with Gasteiger partial charge in [0.25, 0.3) is 0 Å². The van der Waals surface area contributed by atoms with Crippen molar-refractivity contribution in [3.05, 3.63) is 35.8 Å². The number of rotatable bonds is 1. The van der Waals surface area contributed by atoms with E-state index in [4.69, 9.17) is 24.6 Å². The van der Waals surface area contributed by atoms with Gasteiger partial charge in [0.05, 0.1) is 0 Å². The molecule has 66 valence electrons. The molecule has 0 aliphatic heterocycles. The number of halogens is 2. The van der Waals surface area contributed by atoms with Gasteiger partial charge in [0.1, 0.15) is 0 Å². The molecule has 0 radical (unpaired) electrons. The van der Waals surface area contributed by atoms with Gasteiger partial charge in [0, 0.05) is 11.9 Å². The summed E-state index contributed by atoms with van der Waals surface area (Å²) < 4.78 is 0. The second-order valence-corrected chi connectivity index (χ2v) is 4.83. The molecule has 0 atom stereocenters. The first-order valence-electron chi connectivity index (χ1n) is 2.72. The Kier molecular flexibility index (Phi) is 8.77. The van der Waals surface area contributed by atoms with Crippen LogP contribution in [0.3, 0.4) is 0 Å². The van der Waals surface area contributed by atoms with Gasteiger partial charge in [-0.25, -0.2) is 0 Å². The molecule has 0 spiro atoms. The number of aromatic nitrogens is 1. The second kappa shape index (κ2) is 8.47. The Morgan fingerprint density at radius 1 is 1.45 bits per heavy atom. The molecule has 1 rings (SSSR count). The van der Waals surface area contributed by atoms with E-state index in [9.17, 15) is 0 Å². The van der Waals surface area contributed by atoms with Crippen molar-refractivity contribution in [1.82, 2.24) is 4.98 Å². The summed E-state index contributed by atoms with van der Waals surface area (Å²) in [5.41, 5.74) is 7.71. The van der Waals surface area contributed by atoms with Crippen LogP contribution in [0.1, 0.15) is 5.69 Å². The Morgan fingerprint density at radius 2 is 2.09 bits per heavy atom. The molecule has 0 amide bonds. The summed E-state index contributed by atoms with van der Waals surface area (Å²) in [7, 11) is 9.75. The minimum absolute atomic E-state index is 0.279.